The Morgan fingerprint density at radius 3 is 2.29 bits per heavy atom. The fourth-order valence-corrected chi connectivity index (χ4v) is 3.36. The van der Waals surface area contributed by atoms with E-state index in [1.165, 1.54) is 5.56 Å². The van der Waals surface area contributed by atoms with Crippen molar-refractivity contribution >= 4 is 40.9 Å². The van der Waals surface area contributed by atoms with Gasteiger partial charge in [0.2, 0.25) is 5.91 Å². The second-order valence-corrected chi connectivity index (χ2v) is 9.00. The Morgan fingerprint density at radius 2 is 1.71 bits per heavy atom. The van der Waals surface area contributed by atoms with E-state index in [1.54, 1.807) is 36.0 Å². The topological polar surface area (TPSA) is 58.2 Å². The fourth-order valence-electron chi connectivity index (χ4n) is 2.67. The number of benzene rings is 2. The molecule has 0 fully saturated rings. The quantitative estimate of drug-likeness (QED) is 0.655. The molecule has 2 N–H and O–H groups in total. The Bertz CT molecular complexity index is 816. The van der Waals surface area contributed by atoms with E-state index in [0.717, 1.165) is 5.75 Å². The van der Waals surface area contributed by atoms with Crippen LogP contribution in [0.5, 0.6) is 0 Å². The van der Waals surface area contributed by atoms with Crippen molar-refractivity contribution in [3.8, 4) is 0 Å². The Kier molecular flexibility index (Phi) is 7.96. The number of halogens is 1. The number of amides is 2. The summed E-state index contributed by atoms with van der Waals surface area (Å²) in [6.45, 7) is 6.43. The van der Waals surface area contributed by atoms with Crippen molar-refractivity contribution in [3.05, 3.63) is 64.7 Å². The molecule has 0 radical (unpaired) electrons. The van der Waals surface area contributed by atoms with Crippen molar-refractivity contribution in [2.24, 2.45) is 0 Å². The summed E-state index contributed by atoms with van der Waals surface area (Å²) in [6.07, 6.45) is 2.50. The minimum atomic E-state index is -0.640. The molecule has 0 aliphatic rings. The maximum atomic E-state index is 12.8. The van der Waals surface area contributed by atoms with Crippen molar-refractivity contribution in [2.75, 3.05) is 17.3 Å². The van der Waals surface area contributed by atoms with E-state index in [0.29, 0.717) is 22.7 Å². The van der Waals surface area contributed by atoms with Crippen LogP contribution in [0.25, 0.3) is 0 Å². The van der Waals surface area contributed by atoms with Crippen LogP contribution < -0.4 is 10.6 Å². The summed E-state index contributed by atoms with van der Waals surface area (Å²) < 4.78 is 0. The smallest absolute Gasteiger partial charge is 0.253 e. The highest BCUT2D eigenvalue weighted by molar-refractivity contribution is 7.98. The molecular formula is C22H27ClN2O2S. The molecule has 6 heteroatoms. The van der Waals surface area contributed by atoms with Crippen LogP contribution in [-0.2, 0) is 10.2 Å². The molecule has 2 amide bonds. The molecule has 0 saturated carbocycles. The normalized spacial score (nSPS) is 12.3. The highest BCUT2D eigenvalue weighted by Gasteiger charge is 2.22. The first kappa shape index (κ1) is 22.3. The summed E-state index contributed by atoms with van der Waals surface area (Å²) in [6, 6.07) is 14.0. The Morgan fingerprint density at radius 1 is 1.07 bits per heavy atom. The minimum absolute atomic E-state index is 0.0480. The van der Waals surface area contributed by atoms with E-state index in [-0.39, 0.29) is 17.2 Å². The SMILES string of the molecule is CSCCC(NC(=O)c1ccccc1Cl)C(=O)Nc1ccc(C(C)(C)C)cc1. The molecule has 2 aromatic rings. The standard InChI is InChI=1S/C22H27ClN2O2S/c1-22(2,3)15-9-11-16(12-10-15)24-21(27)19(13-14-28-4)25-20(26)17-7-5-6-8-18(17)23/h5-12,19H,13-14H2,1-4H3,(H,24,27)(H,25,26). The third-order valence-corrected chi connectivity index (χ3v) is 5.34. The zero-order chi connectivity index (χ0) is 20.7. The molecule has 0 heterocycles. The van der Waals surface area contributed by atoms with Gasteiger partial charge in [0.05, 0.1) is 10.6 Å². The van der Waals surface area contributed by atoms with Crippen LogP contribution in [0.1, 0.15) is 43.1 Å². The van der Waals surface area contributed by atoms with Gasteiger partial charge in [-0.15, -0.1) is 0 Å². The summed E-state index contributed by atoms with van der Waals surface area (Å²) in [4.78, 5) is 25.4. The second-order valence-electron chi connectivity index (χ2n) is 7.60. The molecule has 0 aromatic heterocycles. The summed E-state index contributed by atoms with van der Waals surface area (Å²) in [7, 11) is 0. The lowest BCUT2D eigenvalue weighted by atomic mass is 9.87. The molecule has 150 valence electrons. The van der Waals surface area contributed by atoms with Crippen LogP contribution in [-0.4, -0.2) is 29.9 Å². The number of carbonyl (C=O) groups excluding carboxylic acids is 2. The first-order chi connectivity index (χ1) is 13.2. The fraction of sp³-hybridized carbons (Fsp3) is 0.364. The van der Waals surface area contributed by atoms with Crippen LogP contribution in [0.2, 0.25) is 5.02 Å². The summed E-state index contributed by atoms with van der Waals surface area (Å²) in [5.74, 6) is 0.164. The van der Waals surface area contributed by atoms with Gasteiger partial charge in [-0.2, -0.15) is 11.8 Å². The maximum absolute atomic E-state index is 12.8. The lowest BCUT2D eigenvalue weighted by molar-refractivity contribution is -0.118. The van der Waals surface area contributed by atoms with Gasteiger partial charge in [0.25, 0.3) is 5.91 Å². The molecule has 0 bridgehead atoms. The molecule has 0 aliphatic heterocycles. The van der Waals surface area contributed by atoms with Crippen molar-refractivity contribution in [1.82, 2.24) is 5.32 Å². The minimum Gasteiger partial charge on any atom is -0.340 e. The van der Waals surface area contributed by atoms with E-state index in [9.17, 15) is 9.59 Å². The third-order valence-electron chi connectivity index (χ3n) is 4.37. The summed E-state index contributed by atoms with van der Waals surface area (Å²) in [5.41, 5.74) is 2.31. The second kappa shape index (κ2) is 9.99. The van der Waals surface area contributed by atoms with E-state index >= 15 is 0 Å². The third kappa shape index (κ3) is 6.28. The van der Waals surface area contributed by atoms with Crippen LogP contribution in [0.3, 0.4) is 0 Å². The monoisotopic (exact) mass is 418 g/mol. The molecule has 1 atom stereocenters. The number of anilines is 1. The predicted molar refractivity (Wildman–Crippen MR) is 119 cm³/mol. The number of nitrogens with one attached hydrogen (secondary N) is 2. The largest absolute Gasteiger partial charge is 0.340 e. The number of thioether (sulfide) groups is 1. The van der Waals surface area contributed by atoms with E-state index in [4.69, 9.17) is 11.6 Å². The van der Waals surface area contributed by atoms with Crippen molar-refractivity contribution in [1.29, 1.82) is 0 Å². The Labute approximate surface area is 176 Å². The van der Waals surface area contributed by atoms with Gasteiger partial charge in [0.1, 0.15) is 6.04 Å². The lowest BCUT2D eigenvalue weighted by Gasteiger charge is -2.21. The number of hydrogen-bond acceptors (Lipinski definition) is 3. The molecule has 0 spiro atoms. The molecule has 4 nitrogen and oxygen atoms in total. The Hall–Kier alpha value is -1.98. The van der Waals surface area contributed by atoms with Gasteiger partial charge < -0.3 is 10.6 Å². The van der Waals surface area contributed by atoms with Crippen molar-refractivity contribution < 1.29 is 9.59 Å². The van der Waals surface area contributed by atoms with Crippen LogP contribution in [0, 0.1) is 0 Å². The van der Waals surface area contributed by atoms with Crippen molar-refractivity contribution in [2.45, 2.75) is 38.6 Å². The zero-order valence-corrected chi connectivity index (χ0v) is 18.3. The predicted octanol–water partition coefficient (Wildman–Crippen LogP) is 5.13. The number of hydrogen-bond donors (Lipinski definition) is 2. The van der Waals surface area contributed by atoms with E-state index in [1.807, 2.05) is 30.5 Å². The average Bonchev–Trinajstić information content (AvgIpc) is 2.65. The zero-order valence-electron chi connectivity index (χ0n) is 16.7. The lowest BCUT2D eigenvalue weighted by Crippen LogP contribution is -2.44. The molecular weight excluding hydrogens is 392 g/mol. The van der Waals surface area contributed by atoms with Gasteiger partial charge >= 0.3 is 0 Å². The number of carbonyl (C=O) groups is 2. The first-order valence-corrected chi connectivity index (χ1v) is 11.0. The molecule has 1 unspecified atom stereocenters. The van der Waals surface area contributed by atoms with Crippen molar-refractivity contribution in [3.63, 3.8) is 0 Å². The van der Waals surface area contributed by atoms with Gasteiger partial charge in [-0.1, -0.05) is 56.6 Å². The summed E-state index contributed by atoms with van der Waals surface area (Å²) in [5, 5.41) is 6.08. The average molecular weight is 419 g/mol. The van der Waals surface area contributed by atoms with Gasteiger partial charge in [-0.05, 0) is 53.7 Å². The highest BCUT2D eigenvalue weighted by Crippen LogP contribution is 2.23. The Balaban J connectivity index is 2.10. The first-order valence-electron chi connectivity index (χ1n) is 9.18. The molecule has 28 heavy (non-hydrogen) atoms. The molecule has 0 saturated heterocycles. The highest BCUT2D eigenvalue weighted by atomic mass is 35.5. The van der Waals surface area contributed by atoms with Gasteiger partial charge in [0, 0.05) is 5.69 Å². The van der Waals surface area contributed by atoms with Crippen LogP contribution >= 0.6 is 23.4 Å². The molecule has 2 aromatic carbocycles. The maximum Gasteiger partial charge on any atom is 0.253 e. The van der Waals surface area contributed by atoms with Gasteiger partial charge in [-0.25, -0.2) is 0 Å². The molecule has 0 aliphatic carbocycles. The van der Waals surface area contributed by atoms with Crippen LogP contribution in [0.15, 0.2) is 48.5 Å². The van der Waals surface area contributed by atoms with Gasteiger partial charge in [0.15, 0.2) is 0 Å². The van der Waals surface area contributed by atoms with Crippen LogP contribution in [0.4, 0.5) is 5.69 Å². The van der Waals surface area contributed by atoms with E-state index < -0.39 is 6.04 Å². The molecule has 2 rings (SSSR count). The number of rotatable bonds is 7. The van der Waals surface area contributed by atoms with E-state index in [2.05, 4.69) is 31.4 Å². The van der Waals surface area contributed by atoms with Gasteiger partial charge in [-0.3, -0.25) is 9.59 Å². The summed E-state index contributed by atoms with van der Waals surface area (Å²) >= 11 is 7.73.